The van der Waals surface area contributed by atoms with Gasteiger partial charge in [-0.2, -0.15) is 0 Å². The molecule has 1 aromatic carbocycles. The van der Waals surface area contributed by atoms with Gasteiger partial charge in [0.05, 0.1) is 6.42 Å². The minimum Gasteiger partial charge on any atom is -0.486 e. The Balaban J connectivity index is 2.48. The molecule has 0 saturated carbocycles. The summed E-state index contributed by atoms with van der Waals surface area (Å²) in [4.78, 5) is 10.5. The molecule has 6 heteroatoms. The lowest BCUT2D eigenvalue weighted by atomic mass is 10.1. The van der Waals surface area contributed by atoms with Gasteiger partial charge in [-0.25, -0.2) is 4.39 Å². The molecule has 1 N–H and O–H groups in total. The highest BCUT2D eigenvalue weighted by molar-refractivity contribution is 6.32. The van der Waals surface area contributed by atoms with Crippen LogP contribution in [0.25, 0.3) is 0 Å². The van der Waals surface area contributed by atoms with Gasteiger partial charge in [0.1, 0.15) is 24.1 Å². The third-order valence-electron chi connectivity index (χ3n) is 2.13. The van der Waals surface area contributed by atoms with Crippen LogP contribution in [0.15, 0.2) is 6.07 Å². The number of hydrogen-bond donors (Lipinski definition) is 1. The Morgan fingerprint density at radius 1 is 1.50 bits per heavy atom. The first-order chi connectivity index (χ1) is 7.59. The number of carboxylic acids is 1. The van der Waals surface area contributed by atoms with Gasteiger partial charge in [-0.1, -0.05) is 11.6 Å². The maximum atomic E-state index is 13.6. The van der Waals surface area contributed by atoms with Gasteiger partial charge < -0.3 is 14.6 Å². The first-order valence-corrected chi connectivity index (χ1v) is 4.95. The molecule has 1 aromatic rings. The van der Waals surface area contributed by atoms with E-state index in [1.165, 1.54) is 6.07 Å². The van der Waals surface area contributed by atoms with E-state index in [0.29, 0.717) is 13.2 Å². The van der Waals surface area contributed by atoms with E-state index < -0.39 is 18.2 Å². The molecule has 0 atom stereocenters. The van der Waals surface area contributed by atoms with Crippen molar-refractivity contribution in [2.75, 3.05) is 13.2 Å². The summed E-state index contributed by atoms with van der Waals surface area (Å²) in [5.74, 6) is -1.48. The fourth-order valence-corrected chi connectivity index (χ4v) is 1.73. The van der Waals surface area contributed by atoms with E-state index in [-0.39, 0.29) is 22.1 Å². The summed E-state index contributed by atoms with van der Waals surface area (Å²) in [5.41, 5.74) is -0.0123. The van der Waals surface area contributed by atoms with E-state index in [1.54, 1.807) is 0 Å². The summed E-state index contributed by atoms with van der Waals surface area (Å²) in [5, 5.41) is 8.38. The molecule has 0 fully saturated rings. The molecular weight excluding hydrogens is 239 g/mol. The molecule has 0 radical (unpaired) electrons. The van der Waals surface area contributed by atoms with Gasteiger partial charge >= 0.3 is 5.97 Å². The average molecular weight is 247 g/mol. The Bertz CT molecular complexity index is 447. The number of halogens is 2. The van der Waals surface area contributed by atoms with Crippen LogP contribution in [0.3, 0.4) is 0 Å². The van der Waals surface area contributed by atoms with Crippen molar-refractivity contribution in [2.45, 2.75) is 6.42 Å². The predicted octanol–water partition coefficient (Wildman–Crippen LogP) is 1.88. The molecule has 0 spiro atoms. The smallest absolute Gasteiger partial charge is 0.307 e. The number of benzene rings is 1. The second-order valence-corrected chi connectivity index (χ2v) is 3.64. The van der Waals surface area contributed by atoms with Crippen LogP contribution < -0.4 is 9.47 Å². The molecule has 0 unspecified atom stereocenters. The van der Waals surface area contributed by atoms with Crippen LogP contribution in [0.5, 0.6) is 11.5 Å². The second kappa shape index (κ2) is 4.17. The van der Waals surface area contributed by atoms with Gasteiger partial charge in [0.25, 0.3) is 0 Å². The molecule has 1 aliphatic rings. The van der Waals surface area contributed by atoms with Crippen LogP contribution >= 0.6 is 11.6 Å². The molecule has 0 bridgehead atoms. The summed E-state index contributed by atoms with van der Waals surface area (Å²) >= 11 is 5.73. The normalized spacial score (nSPS) is 13.6. The maximum absolute atomic E-state index is 13.6. The van der Waals surface area contributed by atoms with Crippen molar-refractivity contribution in [1.29, 1.82) is 0 Å². The van der Waals surface area contributed by atoms with Gasteiger partial charge in [0, 0.05) is 5.56 Å². The molecule has 0 saturated heterocycles. The van der Waals surface area contributed by atoms with Crippen molar-refractivity contribution in [2.24, 2.45) is 0 Å². The summed E-state index contributed by atoms with van der Waals surface area (Å²) in [6, 6.07) is 1.31. The number of carbonyl (C=O) groups is 1. The molecule has 2 rings (SSSR count). The third kappa shape index (κ3) is 1.90. The van der Waals surface area contributed by atoms with E-state index in [4.69, 9.17) is 26.2 Å². The van der Waals surface area contributed by atoms with E-state index in [1.807, 2.05) is 0 Å². The van der Waals surface area contributed by atoms with Gasteiger partial charge in [-0.15, -0.1) is 0 Å². The largest absolute Gasteiger partial charge is 0.486 e. The minimum absolute atomic E-state index is 0.0123. The van der Waals surface area contributed by atoms with Gasteiger partial charge in [0.15, 0.2) is 11.5 Å². The third-order valence-corrected chi connectivity index (χ3v) is 2.47. The van der Waals surface area contributed by atoms with Crippen molar-refractivity contribution in [3.8, 4) is 11.5 Å². The standard InChI is InChI=1S/C10H8ClFO4/c11-8-9(12)5(4-7(13)14)3-6-10(8)16-2-1-15-6/h3H,1-2,4H2,(H,13,14). The monoisotopic (exact) mass is 246 g/mol. The fraction of sp³-hybridized carbons (Fsp3) is 0.300. The summed E-state index contributed by atoms with van der Waals surface area (Å²) in [6.45, 7) is 0.631. The quantitative estimate of drug-likeness (QED) is 0.866. The zero-order valence-electron chi connectivity index (χ0n) is 8.13. The zero-order chi connectivity index (χ0) is 11.7. The number of ether oxygens (including phenoxy) is 2. The lowest BCUT2D eigenvalue weighted by molar-refractivity contribution is -0.136. The van der Waals surface area contributed by atoms with E-state index in [9.17, 15) is 9.18 Å². The maximum Gasteiger partial charge on any atom is 0.307 e. The molecule has 0 aromatic heterocycles. The Morgan fingerprint density at radius 3 is 2.88 bits per heavy atom. The van der Waals surface area contributed by atoms with Crippen LogP contribution in [0.4, 0.5) is 4.39 Å². The molecule has 4 nitrogen and oxygen atoms in total. The van der Waals surface area contributed by atoms with E-state index >= 15 is 0 Å². The van der Waals surface area contributed by atoms with Crippen LogP contribution in [0.1, 0.15) is 5.56 Å². The molecule has 16 heavy (non-hydrogen) atoms. The molecule has 0 amide bonds. The number of hydrogen-bond acceptors (Lipinski definition) is 3. The predicted molar refractivity (Wildman–Crippen MR) is 53.7 cm³/mol. The highest BCUT2D eigenvalue weighted by Gasteiger charge is 2.22. The molecule has 1 aliphatic heterocycles. The first kappa shape index (κ1) is 11.0. The van der Waals surface area contributed by atoms with Crippen LogP contribution in [0, 0.1) is 5.82 Å². The van der Waals surface area contributed by atoms with Crippen molar-refractivity contribution in [3.63, 3.8) is 0 Å². The lowest BCUT2D eigenvalue weighted by Gasteiger charge is -2.20. The Labute approximate surface area is 95.5 Å². The van der Waals surface area contributed by atoms with Gasteiger partial charge in [-0.3, -0.25) is 4.79 Å². The van der Waals surface area contributed by atoms with Crippen molar-refractivity contribution < 1.29 is 23.8 Å². The highest BCUT2D eigenvalue weighted by Crippen LogP contribution is 2.40. The average Bonchev–Trinajstić information content (AvgIpc) is 2.25. The number of carboxylic acid groups (broad SMARTS) is 1. The van der Waals surface area contributed by atoms with Crippen molar-refractivity contribution >= 4 is 17.6 Å². The Kier molecular flexibility index (Phi) is 2.87. The number of rotatable bonds is 2. The van der Waals surface area contributed by atoms with Gasteiger partial charge in [0.2, 0.25) is 0 Å². The number of fused-ring (bicyclic) bond motifs is 1. The van der Waals surface area contributed by atoms with Gasteiger partial charge in [-0.05, 0) is 6.07 Å². The molecule has 0 aliphatic carbocycles. The zero-order valence-corrected chi connectivity index (χ0v) is 8.88. The SMILES string of the molecule is O=C(O)Cc1cc2c(c(Cl)c1F)OCCO2. The summed E-state index contributed by atoms with van der Waals surface area (Å²) < 4.78 is 24.0. The van der Waals surface area contributed by atoms with Crippen LogP contribution in [0.2, 0.25) is 5.02 Å². The molecule has 86 valence electrons. The molecular formula is C10H8ClFO4. The Hall–Kier alpha value is -1.49. The highest BCUT2D eigenvalue weighted by atomic mass is 35.5. The topological polar surface area (TPSA) is 55.8 Å². The summed E-state index contributed by atoms with van der Waals surface area (Å²) in [6.07, 6.45) is -0.442. The van der Waals surface area contributed by atoms with E-state index in [0.717, 1.165) is 0 Å². The summed E-state index contributed by atoms with van der Waals surface area (Å²) in [7, 11) is 0. The molecule has 1 heterocycles. The van der Waals surface area contributed by atoms with Crippen LogP contribution in [-0.2, 0) is 11.2 Å². The van der Waals surface area contributed by atoms with Crippen molar-refractivity contribution in [1.82, 2.24) is 0 Å². The van der Waals surface area contributed by atoms with Crippen LogP contribution in [-0.4, -0.2) is 24.3 Å². The van der Waals surface area contributed by atoms with Crippen molar-refractivity contribution in [3.05, 3.63) is 22.5 Å². The first-order valence-electron chi connectivity index (χ1n) is 4.58. The Morgan fingerprint density at radius 2 is 2.19 bits per heavy atom. The fourth-order valence-electron chi connectivity index (χ4n) is 1.46. The lowest BCUT2D eigenvalue weighted by Crippen LogP contribution is -2.17. The second-order valence-electron chi connectivity index (χ2n) is 3.26. The number of aliphatic carboxylic acids is 1. The van der Waals surface area contributed by atoms with E-state index in [2.05, 4.69) is 0 Å². The minimum atomic E-state index is -1.13.